The maximum Gasteiger partial charge on any atom is 0.259 e. The van der Waals surface area contributed by atoms with E-state index < -0.39 is 0 Å². The van der Waals surface area contributed by atoms with E-state index in [1.807, 2.05) is 30.3 Å². The number of rotatable bonds is 6. The minimum absolute atomic E-state index is 0.112. The summed E-state index contributed by atoms with van der Waals surface area (Å²) < 4.78 is 10.8. The molecule has 4 aromatic rings. The summed E-state index contributed by atoms with van der Waals surface area (Å²) in [5.41, 5.74) is 3.27. The summed E-state index contributed by atoms with van der Waals surface area (Å²) in [7, 11) is 1.54. The van der Waals surface area contributed by atoms with Crippen LogP contribution in [0, 0.1) is 6.92 Å². The molecular formula is C23H20N4O4. The lowest BCUT2D eigenvalue weighted by Gasteiger charge is -2.10. The van der Waals surface area contributed by atoms with Crippen molar-refractivity contribution in [3.63, 3.8) is 0 Å². The van der Waals surface area contributed by atoms with E-state index in [9.17, 15) is 9.59 Å². The Hall–Kier alpha value is -4.20. The molecule has 2 heterocycles. The second-order valence-corrected chi connectivity index (χ2v) is 6.81. The first-order valence-electron chi connectivity index (χ1n) is 9.62. The molecule has 4 rings (SSSR count). The second-order valence-electron chi connectivity index (χ2n) is 6.81. The van der Waals surface area contributed by atoms with E-state index >= 15 is 0 Å². The van der Waals surface area contributed by atoms with Crippen molar-refractivity contribution in [2.75, 3.05) is 19.0 Å². The van der Waals surface area contributed by atoms with Crippen LogP contribution in [-0.4, -0.2) is 35.6 Å². The van der Waals surface area contributed by atoms with Gasteiger partial charge in [-0.2, -0.15) is 0 Å². The zero-order valence-electron chi connectivity index (χ0n) is 17.0. The molecule has 0 aliphatic heterocycles. The van der Waals surface area contributed by atoms with Gasteiger partial charge >= 0.3 is 0 Å². The first kappa shape index (κ1) is 20.1. The topological polar surface area (TPSA) is 106 Å². The molecule has 0 radical (unpaired) electrons. The lowest BCUT2D eigenvalue weighted by atomic mass is 10.0. The van der Waals surface area contributed by atoms with Gasteiger partial charge in [-0.05, 0) is 25.1 Å². The van der Waals surface area contributed by atoms with Crippen LogP contribution in [0.1, 0.15) is 16.1 Å². The Labute approximate surface area is 178 Å². The van der Waals surface area contributed by atoms with Crippen molar-refractivity contribution in [1.82, 2.24) is 15.5 Å². The van der Waals surface area contributed by atoms with Crippen molar-refractivity contribution in [2.45, 2.75) is 6.92 Å². The molecule has 31 heavy (non-hydrogen) atoms. The molecule has 0 atom stereocenters. The standard InChI is InChI=1S/C23H20N4O4/c1-14-21-18(12-19(26-23(21)31-27-14)15-7-4-3-5-8-15)22(29)25-16-9-6-10-17(11-16)30-13-20(28)24-2/h3-12H,13H2,1-2H3,(H,24,28)(H,25,29). The molecule has 156 valence electrons. The highest BCUT2D eigenvalue weighted by atomic mass is 16.5. The van der Waals surface area contributed by atoms with Crippen molar-refractivity contribution in [3.8, 4) is 17.0 Å². The fourth-order valence-electron chi connectivity index (χ4n) is 3.11. The second kappa shape index (κ2) is 8.66. The number of nitrogens with one attached hydrogen (secondary N) is 2. The average molecular weight is 416 g/mol. The summed E-state index contributed by atoms with van der Waals surface area (Å²) in [4.78, 5) is 29.1. The van der Waals surface area contributed by atoms with Gasteiger partial charge in [-0.15, -0.1) is 0 Å². The Balaban J connectivity index is 1.65. The number of likely N-dealkylation sites (N-methyl/N-ethyl adjacent to an activating group) is 1. The lowest BCUT2D eigenvalue weighted by molar-refractivity contribution is -0.122. The minimum atomic E-state index is -0.334. The van der Waals surface area contributed by atoms with Crippen molar-refractivity contribution < 1.29 is 18.8 Å². The van der Waals surface area contributed by atoms with Crippen molar-refractivity contribution in [1.29, 1.82) is 0 Å². The molecule has 0 spiro atoms. The lowest BCUT2D eigenvalue weighted by Crippen LogP contribution is -2.24. The summed E-state index contributed by atoms with van der Waals surface area (Å²) in [6.07, 6.45) is 0. The highest BCUT2D eigenvalue weighted by molar-refractivity contribution is 6.13. The van der Waals surface area contributed by atoms with Crippen LogP contribution in [0.15, 0.2) is 65.2 Å². The molecule has 0 saturated carbocycles. The van der Waals surface area contributed by atoms with E-state index in [2.05, 4.69) is 20.8 Å². The van der Waals surface area contributed by atoms with Gasteiger partial charge in [0.25, 0.3) is 17.5 Å². The smallest absolute Gasteiger partial charge is 0.259 e. The maximum atomic E-state index is 13.2. The van der Waals surface area contributed by atoms with Crippen LogP contribution in [0.3, 0.4) is 0 Å². The third-order valence-electron chi connectivity index (χ3n) is 4.67. The van der Waals surface area contributed by atoms with Crippen LogP contribution in [0.4, 0.5) is 5.69 Å². The van der Waals surface area contributed by atoms with E-state index in [-0.39, 0.29) is 18.4 Å². The predicted octanol–water partition coefficient (Wildman–Crippen LogP) is 3.58. The summed E-state index contributed by atoms with van der Waals surface area (Å²) in [6.45, 7) is 1.65. The molecule has 2 aromatic heterocycles. The largest absolute Gasteiger partial charge is 0.484 e. The van der Waals surface area contributed by atoms with E-state index in [1.165, 1.54) is 7.05 Å². The summed E-state index contributed by atoms with van der Waals surface area (Å²) in [6, 6.07) is 18.1. The predicted molar refractivity (Wildman–Crippen MR) is 116 cm³/mol. The van der Waals surface area contributed by atoms with Gasteiger partial charge in [-0.25, -0.2) is 4.98 Å². The molecule has 0 aliphatic carbocycles. The van der Waals surface area contributed by atoms with Crippen LogP contribution < -0.4 is 15.4 Å². The Morgan fingerprint density at radius 3 is 2.65 bits per heavy atom. The number of hydrogen-bond acceptors (Lipinski definition) is 6. The number of pyridine rings is 1. The molecule has 0 fully saturated rings. The molecule has 0 unspecified atom stereocenters. The minimum Gasteiger partial charge on any atom is -0.484 e. The molecule has 8 heteroatoms. The van der Waals surface area contributed by atoms with E-state index in [0.29, 0.717) is 39.5 Å². The molecule has 0 aliphatic rings. The van der Waals surface area contributed by atoms with Crippen LogP contribution in [0.5, 0.6) is 5.75 Å². The van der Waals surface area contributed by atoms with Crippen molar-refractivity contribution >= 4 is 28.6 Å². The number of aryl methyl sites for hydroxylation is 1. The number of ether oxygens (including phenoxy) is 1. The Bertz CT molecular complexity index is 1250. The summed E-state index contributed by atoms with van der Waals surface area (Å²) >= 11 is 0. The third-order valence-corrected chi connectivity index (χ3v) is 4.67. The molecule has 2 aromatic carbocycles. The number of aromatic nitrogens is 2. The van der Waals surface area contributed by atoms with Crippen molar-refractivity contribution in [3.05, 3.63) is 71.9 Å². The Morgan fingerprint density at radius 1 is 1.06 bits per heavy atom. The average Bonchev–Trinajstić information content (AvgIpc) is 3.18. The number of fused-ring (bicyclic) bond motifs is 1. The fraction of sp³-hybridized carbons (Fsp3) is 0.130. The monoisotopic (exact) mass is 416 g/mol. The first-order valence-corrected chi connectivity index (χ1v) is 9.62. The number of nitrogens with zero attached hydrogens (tertiary/aromatic N) is 2. The van der Waals surface area contributed by atoms with E-state index in [4.69, 9.17) is 9.26 Å². The van der Waals surface area contributed by atoms with Crippen LogP contribution in [0.25, 0.3) is 22.4 Å². The van der Waals surface area contributed by atoms with Crippen LogP contribution in [-0.2, 0) is 4.79 Å². The zero-order valence-corrected chi connectivity index (χ0v) is 17.0. The Morgan fingerprint density at radius 2 is 1.87 bits per heavy atom. The molecule has 2 N–H and O–H groups in total. The fourth-order valence-corrected chi connectivity index (χ4v) is 3.11. The molecule has 0 saturated heterocycles. The molecule has 0 bridgehead atoms. The van der Waals surface area contributed by atoms with Gasteiger partial charge in [0.1, 0.15) is 5.75 Å². The molecule has 8 nitrogen and oxygen atoms in total. The van der Waals surface area contributed by atoms with E-state index in [0.717, 1.165) is 5.56 Å². The summed E-state index contributed by atoms with van der Waals surface area (Å²) in [5.74, 6) is -0.114. The quantitative estimate of drug-likeness (QED) is 0.498. The van der Waals surface area contributed by atoms with Gasteiger partial charge in [0, 0.05) is 24.4 Å². The SMILES string of the molecule is CNC(=O)COc1cccc(NC(=O)c2cc(-c3ccccc3)nc3onc(C)c23)c1. The third kappa shape index (κ3) is 4.37. The molecule has 2 amide bonds. The highest BCUT2D eigenvalue weighted by Crippen LogP contribution is 2.28. The highest BCUT2D eigenvalue weighted by Gasteiger charge is 2.19. The van der Waals surface area contributed by atoms with Gasteiger partial charge in [-0.3, -0.25) is 9.59 Å². The number of benzene rings is 2. The molecular weight excluding hydrogens is 396 g/mol. The van der Waals surface area contributed by atoms with Crippen LogP contribution >= 0.6 is 0 Å². The van der Waals surface area contributed by atoms with Gasteiger partial charge in [0.15, 0.2) is 6.61 Å². The zero-order chi connectivity index (χ0) is 21.8. The first-order chi connectivity index (χ1) is 15.0. The number of carbonyl (C=O) groups excluding carboxylic acids is 2. The normalized spacial score (nSPS) is 10.6. The summed E-state index contributed by atoms with van der Waals surface area (Å²) in [5, 5.41) is 9.89. The number of hydrogen-bond donors (Lipinski definition) is 2. The Kier molecular flexibility index (Phi) is 5.61. The number of amides is 2. The van der Waals surface area contributed by atoms with Gasteiger partial charge in [-0.1, -0.05) is 41.6 Å². The maximum absolute atomic E-state index is 13.2. The number of anilines is 1. The van der Waals surface area contributed by atoms with Crippen molar-refractivity contribution in [2.24, 2.45) is 0 Å². The van der Waals surface area contributed by atoms with Gasteiger partial charge < -0.3 is 19.9 Å². The van der Waals surface area contributed by atoms with Gasteiger partial charge in [0.05, 0.1) is 22.3 Å². The number of carbonyl (C=O) groups is 2. The van der Waals surface area contributed by atoms with Gasteiger partial charge in [0.2, 0.25) is 0 Å². The van der Waals surface area contributed by atoms with Crippen LogP contribution in [0.2, 0.25) is 0 Å². The van der Waals surface area contributed by atoms with E-state index in [1.54, 1.807) is 37.3 Å².